The summed E-state index contributed by atoms with van der Waals surface area (Å²) < 4.78 is 5.05. The van der Waals surface area contributed by atoms with Crippen molar-refractivity contribution < 1.29 is 14.9 Å². The summed E-state index contributed by atoms with van der Waals surface area (Å²) in [7, 11) is 0. The van der Waals surface area contributed by atoms with Gasteiger partial charge in [0.15, 0.2) is 6.29 Å². The van der Waals surface area contributed by atoms with Crippen molar-refractivity contribution in [1.82, 2.24) is 0 Å². The summed E-state index contributed by atoms with van der Waals surface area (Å²) in [4.78, 5) is 0. The molecule has 0 spiro atoms. The van der Waals surface area contributed by atoms with E-state index in [0.29, 0.717) is 19.4 Å². The fraction of sp³-hybridized carbons (Fsp3) is 1.00. The third-order valence-corrected chi connectivity index (χ3v) is 1.75. The van der Waals surface area contributed by atoms with Crippen LogP contribution in [0.5, 0.6) is 0 Å². The van der Waals surface area contributed by atoms with Gasteiger partial charge in [0.25, 0.3) is 0 Å². The molecule has 0 aliphatic carbocycles. The number of rotatable bonds is 7. The minimum atomic E-state index is -0.800. The number of hydrogen-bond donors (Lipinski definition) is 2. The topological polar surface area (TPSA) is 49.7 Å². The van der Waals surface area contributed by atoms with Gasteiger partial charge in [-0.2, -0.15) is 0 Å². The molecule has 0 saturated heterocycles. The second-order valence-electron chi connectivity index (χ2n) is 2.98. The summed E-state index contributed by atoms with van der Waals surface area (Å²) in [6.07, 6.45) is 1.75. The van der Waals surface area contributed by atoms with E-state index in [4.69, 9.17) is 9.84 Å². The van der Waals surface area contributed by atoms with E-state index in [9.17, 15) is 5.11 Å². The van der Waals surface area contributed by atoms with Crippen LogP contribution in [0.25, 0.3) is 0 Å². The molecule has 3 nitrogen and oxygen atoms in total. The fourth-order valence-electron chi connectivity index (χ4n) is 0.831. The Hall–Kier alpha value is -0.120. The van der Waals surface area contributed by atoms with Crippen molar-refractivity contribution in [2.75, 3.05) is 6.61 Å². The lowest BCUT2D eigenvalue weighted by atomic mass is 10.2. The van der Waals surface area contributed by atoms with Gasteiger partial charge < -0.3 is 14.9 Å². The first-order valence-corrected chi connectivity index (χ1v) is 4.68. The Morgan fingerprint density at radius 2 is 1.92 bits per heavy atom. The van der Waals surface area contributed by atoms with E-state index in [0.717, 1.165) is 12.8 Å². The van der Waals surface area contributed by atoms with Gasteiger partial charge >= 0.3 is 0 Å². The number of unbranched alkanes of at least 4 members (excludes halogenated alkanes) is 1. The van der Waals surface area contributed by atoms with Gasteiger partial charge in [0.2, 0.25) is 0 Å². The second-order valence-corrected chi connectivity index (χ2v) is 2.98. The van der Waals surface area contributed by atoms with Crippen molar-refractivity contribution in [3.63, 3.8) is 0 Å². The van der Waals surface area contributed by atoms with Gasteiger partial charge in [-0.15, -0.1) is 0 Å². The summed E-state index contributed by atoms with van der Waals surface area (Å²) in [5.41, 5.74) is 0. The quantitative estimate of drug-likeness (QED) is 0.454. The van der Waals surface area contributed by atoms with Gasteiger partial charge in [-0.05, 0) is 12.8 Å². The molecule has 2 unspecified atom stereocenters. The molecule has 0 saturated carbocycles. The number of hydrogen-bond acceptors (Lipinski definition) is 3. The molecule has 12 heavy (non-hydrogen) atoms. The van der Waals surface area contributed by atoms with Crippen LogP contribution in [0.15, 0.2) is 0 Å². The van der Waals surface area contributed by atoms with Gasteiger partial charge in [-0.25, -0.2) is 0 Å². The van der Waals surface area contributed by atoms with E-state index in [2.05, 4.69) is 6.92 Å². The van der Waals surface area contributed by atoms with E-state index in [1.54, 1.807) is 0 Å². The highest BCUT2D eigenvalue weighted by Gasteiger charge is 2.09. The first-order valence-electron chi connectivity index (χ1n) is 4.68. The number of aliphatic hydroxyl groups is 2. The predicted octanol–water partition coefficient (Wildman–Crippen LogP) is 1.28. The lowest BCUT2D eigenvalue weighted by molar-refractivity contribution is -0.120. The van der Waals surface area contributed by atoms with Crippen LogP contribution in [0.2, 0.25) is 0 Å². The zero-order chi connectivity index (χ0) is 9.40. The van der Waals surface area contributed by atoms with Crippen LogP contribution in [0, 0.1) is 0 Å². The maximum atomic E-state index is 9.20. The Morgan fingerprint density at radius 3 is 2.42 bits per heavy atom. The molecule has 0 heterocycles. The SMILES string of the molecule is CCCCOC(O)CC(O)CC. The van der Waals surface area contributed by atoms with E-state index in [-0.39, 0.29) is 0 Å². The van der Waals surface area contributed by atoms with E-state index < -0.39 is 12.4 Å². The van der Waals surface area contributed by atoms with Crippen LogP contribution in [0.4, 0.5) is 0 Å². The zero-order valence-electron chi connectivity index (χ0n) is 7.99. The van der Waals surface area contributed by atoms with Gasteiger partial charge in [0.1, 0.15) is 0 Å². The second kappa shape index (κ2) is 7.53. The minimum Gasteiger partial charge on any atom is -0.393 e. The highest BCUT2D eigenvalue weighted by molar-refractivity contribution is 4.54. The molecule has 0 aliphatic rings. The number of ether oxygens (including phenoxy) is 1. The predicted molar refractivity (Wildman–Crippen MR) is 47.8 cm³/mol. The van der Waals surface area contributed by atoms with Crippen LogP contribution in [0.3, 0.4) is 0 Å². The third-order valence-electron chi connectivity index (χ3n) is 1.75. The summed E-state index contributed by atoms with van der Waals surface area (Å²) >= 11 is 0. The molecule has 0 aromatic carbocycles. The Kier molecular flexibility index (Phi) is 7.45. The van der Waals surface area contributed by atoms with Gasteiger partial charge in [-0.3, -0.25) is 0 Å². The third kappa shape index (κ3) is 6.58. The first kappa shape index (κ1) is 11.9. The zero-order valence-corrected chi connectivity index (χ0v) is 7.99. The minimum absolute atomic E-state index is 0.320. The van der Waals surface area contributed by atoms with Crippen LogP contribution < -0.4 is 0 Å². The Morgan fingerprint density at radius 1 is 1.25 bits per heavy atom. The van der Waals surface area contributed by atoms with Crippen LogP contribution in [-0.4, -0.2) is 29.2 Å². The van der Waals surface area contributed by atoms with Gasteiger partial charge in [-0.1, -0.05) is 20.3 Å². The average molecular weight is 176 g/mol. The molecule has 3 heteroatoms. The average Bonchev–Trinajstić information content (AvgIpc) is 2.05. The lowest BCUT2D eigenvalue weighted by Crippen LogP contribution is -2.20. The molecule has 0 rings (SSSR count). The maximum absolute atomic E-state index is 9.20. The summed E-state index contributed by atoms with van der Waals surface area (Å²) in [5.74, 6) is 0. The molecule has 0 bridgehead atoms. The monoisotopic (exact) mass is 176 g/mol. The molecule has 0 aromatic heterocycles. The molecule has 0 aliphatic heterocycles. The molecule has 0 fully saturated rings. The largest absolute Gasteiger partial charge is 0.393 e. The molecule has 2 N–H and O–H groups in total. The van der Waals surface area contributed by atoms with Crippen molar-refractivity contribution in [1.29, 1.82) is 0 Å². The molecule has 0 radical (unpaired) electrons. The summed E-state index contributed by atoms with van der Waals surface area (Å²) in [6.45, 7) is 4.52. The Labute approximate surface area is 74.4 Å². The Bertz CT molecular complexity index is 95.8. The normalized spacial score (nSPS) is 16.0. The highest BCUT2D eigenvalue weighted by Crippen LogP contribution is 2.03. The van der Waals surface area contributed by atoms with Crippen molar-refractivity contribution in [3.8, 4) is 0 Å². The van der Waals surface area contributed by atoms with Crippen LogP contribution >= 0.6 is 0 Å². The molecule has 0 aromatic rings. The lowest BCUT2D eigenvalue weighted by Gasteiger charge is -2.14. The molecular weight excluding hydrogens is 156 g/mol. The maximum Gasteiger partial charge on any atom is 0.156 e. The molecule has 2 atom stereocenters. The Balaban J connectivity index is 3.26. The van der Waals surface area contributed by atoms with E-state index in [1.807, 2.05) is 6.92 Å². The van der Waals surface area contributed by atoms with Crippen molar-refractivity contribution in [2.45, 2.75) is 51.9 Å². The van der Waals surface area contributed by atoms with Crippen molar-refractivity contribution in [3.05, 3.63) is 0 Å². The highest BCUT2D eigenvalue weighted by atomic mass is 16.6. The van der Waals surface area contributed by atoms with E-state index >= 15 is 0 Å². The smallest absolute Gasteiger partial charge is 0.156 e. The fourth-order valence-corrected chi connectivity index (χ4v) is 0.831. The van der Waals surface area contributed by atoms with E-state index in [1.165, 1.54) is 0 Å². The first-order chi connectivity index (χ1) is 5.70. The van der Waals surface area contributed by atoms with Crippen LogP contribution in [-0.2, 0) is 4.74 Å². The van der Waals surface area contributed by atoms with Gasteiger partial charge in [0.05, 0.1) is 6.10 Å². The number of aliphatic hydroxyl groups excluding tert-OH is 2. The molecule has 0 amide bonds. The molecule has 74 valence electrons. The van der Waals surface area contributed by atoms with Crippen molar-refractivity contribution in [2.24, 2.45) is 0 Å². The summed E-state index contributed by atoms with van der Waals surface area (Å²) in [6, 6.07) is 0. The summed E-state index contributed by atoms with van der Waals surface area (Å²) in [5, 5.41) is 18.3. The standard InChI is InChI=1S/C9H20O3/c1-3-5-6-12-9(11)7-8(10)4-2/h8-11H,3-7H2,1-2H3. The van der Waals surface area contributed by atoms with Gasteiger partial charge in [0, 0.05) is 13.0 Å². The van der Waals surface area contributed by atoms with Crippen molar-refractivity contribution >= 4 is 0 Å². The van der Waals surface area contributed by atoms with Crippen LogP contribution in [0.1, 0.15) is 39.5 Å². The molecular formula is C9H20O3.